The Morgan fingerprint density at radius 2 is 1.86 bits per heavy atom. The number of nitrogens with two attached hydrogens (primary N) is 1. The molecule has 1 aliphatic rings. The standard InChI is InChI=1S/C12H17BrN4O3S/c13-10-1-3-11(4-2-10)21(19,20)17-7-5-16(6-8-17)9-12(18)15-14/h1-4H,5-9,14H2,(H,15,18)/p+1. The number of hydrogen-bond acceptors (Lipinski definition) is 4. The molecule has 0 spiro atoms. The van der Waals surface area contributed by atoms with Crippen molar-refractivity contribution < 1.29 is 18.1 Å². The quantitative estimate of drug-likeness (QED) is 0.332. The van der Waals surface area contributed by atoms with Crippen molar-refractivity contribution in [1.29, 1.82) is 0 Å². The number of amides is 1. The summed E-state index contributed by atoms with van der Waals surface area (Å²) in [4.78, 5) is 12.5. The van der Waals surface area contributed by atoms with Crippen LogP contribution in [0.25, 0.3) is 0 Å². The Balaban J connectivity index is 2.01. The second-order valence-electron chi connectivity index (χ2n) is 4.85. The summed E-state index contributed by atoms with van der Waals surface area (Å²) in [5.74, 6) is 4.81. The van der Waals surface area contributed by atoms with Crippen molar-refractivity contribution in [2.24, 2.45) is 5.84 Å². The SMILES string of the molecule is NNC(=O)C[NH+]1CCN(S(=O)(=O)c2ccc(Br)cc2)CC1. The second kappa shape index (κ2) is 6.84. The van der Waals surface area contributed by atoms with Crippen LogP contribution in [0.2, 0.25) is 0 Å². The fourth-order valence-corrected chi connectivity index (χ4v) is 3.96. The molecule has 0 unspecified atom stereocenters. The van der Waals surface area contributed by atoms with Crippen LogP contribution in [0, 0.1) is 0 Å². The van der Waals surface area contributed by atoms with E-state index in [1.54, 1.807) is 24.3 Å². The van der Waals surface area contributed by atoms with Gasteiger partial charge in [-0.3, -0.25) is 10.2 Å². The third-order valence-electron chi connectivity index (χ3n) is 3.45. The number of piperazine rings is 1. The third kappa shape index (κ3) is 4.01. The van der Waals surface area contributed by atoms with Crippen LogP contribution >= 0.6 is 15.9 Å². The Labute approximate surface area is 132 Å². The summed E-state index contributed by atoms with van der Waals surface area (Å²) in [7, 11) is -3.46. The molecule has 0 radical (unpaired) electrons. The maximum atomic E-state index is 12.5. The number of rotatable bonds is 4. The molecule has 1 aliphatic heterocycles. The summed E-state index contributed by atoms with van der Waals surface area (Å²) < 4.78 is 27.3. The molecule has 1 fully saturated rings. The van der Waals surface area contributed by atoms with Gasteiger partial charge in [0, 0.05) is 4.47 Å². The number of carbonyl (C=O) groups excluding carboxylic acids is 1. The van der Waals surface area contributed by atoms with Gasteiger partial charge in [-0.05, 0) is 24.3 Å². The molecule has 4 N–H and O–H groups in total. The molecule has 0 aromatic heterocycles. The van der Waals surface area contributed by atoms with Gasteiger partial charge >= 0.3 is 0 Å². The first-order valence-electron chi connectivity index (χ1n) is 6.52. The van der Waals surface area contributed by atoms with Gasteiger partial charge in [0.1, 0.15) is 0 Å². The first kappa shape index (κ1) is 16.4. The van der Waals surface area contributed by atoms with E-state index >= 15 is 0 Å². The summed E-state index contributed by atoms with van der Waals surface area (Å²) in [6, 6.07) is 6.58. The molecule has 9 heteroatoms. The highest BCUT2D eigenvalue weighted by Crippen LogP contribution is 2.18. The Bertz CT molecular complexity index is 597. The minimum absolute atomic E-state index is 0.241. The van der Waals surface area contributed by atoms with E-state index in [-0.39, 0.29) is 17.3 Å². The number of quaternary nitrogens is 1. The van der Waals surface area contributed by atoms with E-state index in [4.69, 9.17) is 5.84 Å². The summed E-state index contributed by atoms with van der Waals surface area (Å²) >= 11 is 3.29. The molecule has 1 saturated heterocycles. The number of hydrogen-bond donors (Lipinski definition) is 3. The summed E-state index contributed by atoms with van der Waals surface area (Å²) in [6.07, 6.45) is 0. The summed E-state index contributed by atoms with van der Waals surface area (Å²) in [6.45, 7) is 2.23. The fourth-order valence-electron chi connectivity index (χ4n) is 2.25. The van der Waals surface area contributed by atoms with Gasteiger partial charge in [0.05, 0.1) is 31.1 Å². The monoisotopic (exact) mass is 377 g/mol. The van der Waals surface area contributed by atoms with Gasteiger partial charge in [0.15, 0.2) is 6.54 Å². The lowest BCUT2D eigenvalue weighted by molar-refractivity contribution is -0.895. The van der Waals surface area contributed by atoms with Gasteiger partial charge in [-0.15, -0.1) is 0 Å². The van der Waals surface area contributed by atoms with Crippen molar-refractivity contribution in [2.75, 3.05) is 32.7 Å². The van der Waals surface area contributed by atoms with Gasteiger partial charge in [-0.2, -0.15) is 4.31 Å². The van der Waals surface area contributed by atoms with E-state index in [9.17, 15) is 13.2 Å². The van der Waals surface area contributed by atoms with Crippen LogP contribution in [0.3, 0.4) is 0 Å². The summed E-state index contributed by atoms with van der Waals surface area (Å²) in [5.41, 5.74) is 2.09. The molecule has 7 nitrogen and oxygen atoms in total. The molecule has 1 aromatic carbocycles. The minimum Gasteiger partial charge on any atom is -0.325 e. The first-order chi connectivity index (χ1) is 9.93. The van der Waals surface area contributed by atoms with Crippen molar-refractivity contribution in [1.82, 2.24) is 9.73 Å². The van der Waals surface area contributed by atoms with E-state index in [2.05, 4.69) is 21.4 Å². The topological polar surface area (TPSA) is 96.9 Å². The molecule has 0 saturated carbocycles. The molecular formula is C12H18BrN4O3S+. The first-order valence-corrected chi connectivity index (χ1v) is 8.75. The molecule has 1 amide bonds. The van der Waals surface area contributed by atoms with E-state index in [0.717, 1.165) is 9.37 Å². The zero-order chi connectivity index (χ0) is 15.5. The molecule has 1 aromatic rings. The van der Waals surface area contributed by atoms with Gasteiger partial charge in [-0.25, -0.2) is 14.3 Å². The highest BCUT2D eigenvalue weighted by molar-refractivity contribution is 9.10. The van der Waals surface area contributed by atoms with Crippen LogP contribution in [0.4, 0.5) is 0 Å². The van der Waals surface area contributed by atoms with Crippen LogP contribution in [-0.2, 0) is 14.8 Å². The number of carbonyl (C=O) groups is 1. The molecular weight excluding hydrogens is 360 g/mol. The number of nitrogens with one attached hydrogen (secondary N) is 2. The van der Waals surface area contributed by atoms with Crippen LogP contribution in [-0.4, -0.2) is 51.4 Å². The summed E-state index contributed by atoms with van der Waals surface area (Å²) in [5, 5.41) is 0. The van der Waals surface area contributed by atoms with E-state index in [1.807, 2.05) is 0 Å². The van der Waals surface area contributed by atoms with Gasteiger partial charge < -0.3 is 4.90 Å². The molecule has 1 heterocycles. The normalized spacial score (nSPS) is 17.6. The highest BCUT2D eigenvalue weighted by Gasteiger charge is 2.30. The minimum atomic E-state index is -3.46. The van der Waals surface area contributed by atoms with Gasteiger partial charge in [0.25, 0.3) is 5.91 Å². The zero-order valence-electron chi connectivity index (χ0n) is 11.4. The molecule has 21 heavy (non-hydrogen) atoms. The maximum Gasteiger partial charge on any atom is 0.289 e. The van der Waals surface area contributed by atoms with Gasteiger partial charge in [0.2, 0.25) is 10.0 Å². The number of hydrazine groups is 1. The average Bonchev–Trinajstić information content (AvgIpc) is 2.48. The molecule has 0 bridgehead atoms. The Morgan fingerprint density at radius 1 is 1.29 bits per heavy atom. The van der Waals surface area contributed by atoms with Crippen molar-refractivity contribution in [3.05, 3.63) is 28.7 Å². The maximum absolute atomic E-state index is 12.5. The average molecular weight is 378 g/mol. The zero-order valence-corrected chi connectivity index (χ0v) is 13.8. The second-order valence-corrected chi connectivity index (χ2v) is 7.71. The predicted molar refractivity (Wildman–Crippen MR) is 80.8 cm³/mol. The van der Waals surface area contributed by atoms with Crippen molar-refractivity contribution in [2.45, 2.75) is 4.90 Å². The van der Waals surface area contributed by atoms with E-state index in [1.165, 1.54) is 4.31 Å². The predicted octanol–water partition coefficient (Wildman–Crippen LogP) is -1.67. The lowest BCUT2D eigenvalue weighted by atomic mass is 10.3. The highest BCUT2D eigenvalue weighted by atomic mass is 79.9. The van der Waals surface area contributed by atoms with E-state index < -0.39 is 10.0 Å². The van der Waals surface area contributed by atoms with Crippen molar-refractivity contribution >= 4 is 31.9 Å². The Morgan fingerprint density at radius 3 is 2.38 bits per heavy atom. The van der Waals surface area contributed by atoms with Crippen LogP contribution < -0.4 is 16.2 Å². The van der Waals surface area contributed by atoms with E-state index in [0.29, 0.717) is 26.2 Å². The number of nitrogens with zero attached hydrogens (tertiary/aromatic N) is 1. The lowest BCUT2D eigenvalue weighted by Gasteiger charge is -2.31. The Hall–Kier alpha value is -1.00. The molecule has 116 valence electrons. The molecule has 2 rings (SSSR count). The smallest absolute Gasteiger partial charge is 0.289 e. The van der Waals surface area contributed by atoms with Crippen molar-refractivity contribution in [3.63, 3.8) is 0 Å². The number of benzene rings is 1. The molecule has 0 aliphatic carbocycles. The van der Waals surface area contributed by atoms with Crippen LogP contribution in [0.15, 0.2) is 33.6 Å². The fraction of sp³-hybridized carbons (Fsp3) is 0.417. The number of halogens is 1. The third-order valence-corrected chi connectivity index (χ3v) is 5.89. The largest absolute Gasteiger partial charge is 0.325 e. The lowest BCUT2D eigenvalue weighted by Crippen LogP contribution is -3.15. The van der Waals surface area contributed by atoms with Crippen LogP contribution in [0.5, 0.6) is 0 Å². The van der Waals surface area contributed by atoms with Crippen molar-refractivity contribution in [3.8, 4) is 0 Å². The van der Waals surface area contributed by atoms with Crippen LogP contribution in [0.1, 0.15) is 0 Å². The number of sulfonamides is 1. The molecule has 0 atom stereocenters. The van der Waals surface area contributed by atoms with Gasteiger partial charge in [-0.1, -0.05) is 15.9 Å². The Kier molecular flexibility index (Phi) is 5.33.